The number of carbonyl (C=O) groups excluding carboxylic acids is 1. The lowest BCUT2D eigenvalue weighted by Gasteiger charge is -2.04. The predicted molar refractivity (Wildman–Crippen MR) is 86.5 cm³/mol. The third-order valence-electron chi connectivity index (χ3n) is 2.52. The van der Waals surface area contributed by atoms with Crippen LogP contribution in [0.25, 0.3) is 6.08 Å². The second kappa shape index (κ2) is 6.43. The summed E-state index contributed by atoms with van der Waals surface area (Å²) in [5.74, 6) is -0.342. The molecule has 0 bridgehead atoms. The number of hydrogen-bond acceptors (Lipinski definition) is 4. The normalized spacial score (nSPS) is 11.7. The summed E-state index contributed by atoms with van der Waals surface area (Å²) in [6.07, 6.45) is 4.13. The molecule has 0 saturated heterocycles. The summed E-state index contributed by atoms with van der Waals surface area (Å²) in [4.78, 5) is 12.8. The minimum Gasteiger partial charge on any atom is -0.322 e. The van der Waals surface area contributed by atoms with Gasteiger partial charge in [-0.15, -0.1) is 11.3 Å². The molecule has 0 unspecified atom stereocenters. The molecule has 0 fully saturated rings. The van der Waals surface area contributed by atoms with Gasteiger partial charge < -0.3 is 5.32 Å². The van der Waals surface area contributed by atoms with Crippen LogP contribution in [0.2, 0.25) is 4.34 Å². The molecule has 0 aliphatic rings. The Hall–Kier alpha value is -1.63. The van der Waals surface area contributed by atoms with Crippen LogP contribution in [0.3, 0.4) is 0 Å². The standard InChI is InChI=1S/C14H12ClNO3S2/c1-21(18,19)12-4-2-3-10(9-12)16-14(17)8-6-11-5-7-13(15)20-11/h2-9H,1H3,(H,16,17)/b8-6+. The summed E-state index contributed by atoms with van der Waals surface area (Å²) in [7, 11) is -3.30. The first-order valence-electron chi connectivity index (χ1n) is 5.89. The summed E-state index contributed by atoms with van der Waals surface area (Å²) in [6.45, 7) is 0. The zero-order chi connectivity index (χ0) is 15.5. The van der Waals surface area contributed by atoms with E-state index in [0.29, 0.717) is 10.0 Å². The van der Waals surface area contributed by atoms with E-state index < -0.39 is 9.84 Å². The highest BCUT2D eigenvalue weighted by molar-refractivity contribution is 7.90. The number of halogens is 1. The maximum absolute atomic E-state index is 11.8. The fourth-order valence-electron chi connectivity index (χ4n) is 1.56. The topological polar surface area (TPSA) is 63.2 Å². The molecule has 0 radical (unpaired) electrons. The van der Waals surface area contributed by atoms with Crippen LogP contribution in [-0.4, -0.2) is 20.6 Å². The van der Waals surface area contributed by atoms with Crippen molar-refractivity contribution in [2.24, 2.45) is 0 Å². The van der Waals surface area contributed by atoms with Crippen LogP contribution in [0.15, 0.2) is 47.4 Å². The summed E-state index contributed by atoms with van der Waals surface area (Å²) in [5, 5.41) is 2.61. The summed E-state index contributed by atoms with van der Waals surface area (Å²) in [6, 6.07) is 9.66. The first-order valence-corrected chi connectivity index (χ1v) is 8.98. The van der Waals surface area contributed by atoms with Crippen LogP contribution in [0.5, 0.6) is 0 Å². The van der Waals surface area contributed by atoms with Gasteiger partial charge in [0.1, 0.15) is 0 Å². The van der Waals surface area contributed by atoms with Gasteiger partial charge in [0.25, 0.3) is 0 Å². The van der Waals surface area contributed by atoms with Gasteiger partial charge in [-0.05, 0) is 36.4 Å². The van der Waals surface area contributed by atoms with Gasteiger partial charge in [0.2, 0.25) is 5.91 Å². The number of nitrogens with one attached hydrogen (secondary N) is 1. The van der Waals surface area contributed by atoms with Gasteiger partial charge in [-0.3, -0.25) is 4.79 Å². The molecule has 1 amide bonds. The van der Waals surface area contributed by atoms with Crippen molar-refractivity contribution in [2.45, 2.75) is 4.90 Å². The number of rotatable bonds is 4. The van der Waals surface area contributed by atoms with Crippen LogP contribution in [0.1, 0.15) is 4.88 Å². The quantitative estimate of drug-likeness (QED) is 0.866. The van der Waals surface area contributed by atoms with E-state index in [4.69, 9.17) is 11.6 Å². The third-order valence-corrected chi connectivity index (χ3v) is 4.83. The minimum atomic E-state index is -3.30. The van der Waals surface area contributed by atoms with Gasteiger partial charge in [-0.1, -0.05) is 17.7 Å². The van der Waals surface area contributed by atoms with E-state index in [2.05, 4.69) is 5.32 Å². The van der Waals surface area contributed by atoms with Gasteiger partial charge in [-0.2, -0.15) is 0 Å². The number of thiophene rings is 1. The number of carbonyl (C=O) groups is 1. The number of hydrogen-bond donors (Lipinski definition) is 1. The maximum atomic E-state index is 11.8. The Bertz CT molecular complexity index is 794. The Balaban J connectivity index is 2.08. The number of sulfone groups is 1. The summed E-state index contributed by atoms with van der Waals surface area (Å²) >= 11 is 7.15. The van der Waals surface area contributed by atoms with E-state index in [1.807, 2.05) is 0 Å². The first-order chi connectivity index (χ1) is 9.84. The average Bonchev–Trinajstić information content (AvgIpc) is 2.82. The number of amides is 1. The SMILES string of the molecule is CS(=O)(=O)c1cccc(NC(=O)/C=C/c2ccc(Cl)s2)c1. The van der Waals surface area contributed by atoms with Crippen molar-refractivity contribution in [1.82, 2.24) is 0 Å². The summed E-state index contributed by atoms with van der Waals surface area (Å²) in [5.41, 5.74) is 0.428. The molecule has 0 saturated carbocycles. The van der Waals surface area contributed by atoms with E-state index in [0.717, 1.165) is 11.1 Å². The van der Waals surface area contributed by atoms with Crippen LogP contribution >= 0.6 is 22.9 Å². The Morgan fingerprint density at radius 1 is 1.29 bits per heavy atom. The Morgan fingerprint density at radius 3 is 2.67 bits per heavy atom. The second-order valence-electron chi connectivity index (χ2n) is 4.26. The van der Waals surface area contributed by atoms with Crippen LogP contribution in [0, 0.1) is 0 Å². The average molecular weight is 342 g/mol. The molecular formula is C14H12ClNO3S2. The zero-order valence-corrected chi connectivity index (χ0v) is 13.4. The number of benzene rings is 1. The fraction of sp³-hybridized carbons (Fsp3) is 0.0714. The molecule has 4 nitrogen and oxygen atoms in total. The van der Waals surface area contributed by atoms with Gasteiger partial charge >= 0.3 is 0 Å². The van der Waals surface area contributed by atoms with E-state index >= 15 is 0 Å². The van der Waals surface area contributed by atoms with Gasteiger partial charge in [0.15, 0.2) is 9.84 Å². The van der Waals surface area contributed by atoms with Crippen molar-refractivity contribution in [2.75, 3.05) is 11.6 Å². The van der Waals surface area contributed by atoms with Crippen molar-refractivity contribution in [3.63, 3.8) is 0 Å². The zero-order valence-electron chi connectivity index (χ0n) is 11.0. The third kappa shape index (κ3) is 4.70. The fourth-order valence-corrected chi connectivity index (χ4v) is 3.19. The van der Waals surface area contributed by atoms with Crippen molar-refractivity contribution in [3.05, 3.63) is 51.7 Å². The van der Waals surface area contributed by atoms with E-state index in [1.165, 1.54) is 29.5 Å². The van der Waals surface area contributed by atoms with Crippen LogP contribution < -0.4 is 5.32 Å². The highest BCUT2D eigenvalue weighted by atomic mass is 35.5. The van der Waals surface area contributed by atoms with Crippen molar-refractivity contribution >= 4 is 50.4 Å². The van der Waals surface area contributed by atoms with Gasteiger partial charge in [0, 0.05) is 22.9 Å². The highest BCUT2D eigenvalue weighted by Crippen LogP contribution is 2.22. The maximum Gasteiger partial charge on any atom is 0.248 e. The lowest BCUT2D eigenvalue weighted by molar-refractivity contribution is -0.111. The molecule has 1 N–H and O–H groups in total. The van der Waals surface area contributed by atoms with Crippen LogP contribution in [-0.2, 0) is 14.6 Å². The molecule has 7 heteroatoms. The molecule has 1 aromatic carbocycles. The Kier molecular flexibility index (Phi) is 4.82. The van der Waals surface area contributed by atoms with Crippen molar-refractivity contribution in [3.8, 4) is 0 Å². The molecule has 0 spiro atoms. The first kappa shape index (κ1) is 15.8. The molecule has 0 aliphatic carbocycles. The summed E-state index contributed by atoms with van der Waals surface area (Å²) < 4.78 is 23.5. The molecular weight excluding hydrogens is 330 g/mol. The van der Waals surface area contributed by atoms with Gasteiger partial charge in [-0.25, -0.2) is 8.42 Å². The minimum absolute atomic E-state index is 0.161. The molecule has 1 heterocycles. The molecule has 0 aliphatic heterocycles. The largest absolute Gasteiger partial charge is 0.322 e. The van der Waals surface area contributed by atoms with E-state index in [1.54, 1.807) is 30.3 Å². The lowest BCUT2D eigenvalue weighted by atomic mass is 10.3. The monoisotopic (exact) mass is 341 g/mol. The molecule has 2 rings (SSSR count). The van der Waals surface area contributed by atoms with Gasteiger partial charge in [0.05, 0.1) is 9.23 Å². The van der Waals surface area contributed by atoms with Crippen molar-refractivity contribution < 1.29 is 13.2 Å². The molecule has 2 aromatic rings. The van der Waals surface area contributed by atoms with E-state index in [9.17, 15) is 13.2 Å². The van der Waals surface area contributed by atoms with Crippen LogP contribution in [0.4, 0.5) is 5.69 Å². The lowest BCUT2D eigenvalue weighted by Crippen LogP contribution is -2.08. The van der Waals surface area contributed by atoms with Crippen molar-refractivity contribution in [1.29, 1.82) is 0 Å². The number of anilines is 1. The highest BCUT2D eigenvalue weighted by Gasteiger charge is 2.08. The molecule has 1 aromatic heterocycles. The molecule has 110 valence electrons. The molecule has 0 atom stereocenters. The Labute approximate surface area is 132 Å². The second-order valence-corrected chi connectivity index (χ2v) is 8.03. The van der Waals surface area contributed by atoms with E-state index in [-0.39, 0.29) is 10.8 Å². The predicted octanol–water partition coefficient (Wildman–Crippen LogP) is 3.46. The molecule has 21 heavy (non-hydrogen) atoms. The Morgan fingerprint density at radius 2 is 2.05 bits per heavy atom. The smallest absolute Gasteiger partial charge is 0.248 e.